The van der Waals surface area contributed by atoms with Crippen LogP contribution in [0.25, 0.3) is 0 Å². The van der Waals surface area contributed by atoms with Gasteiger partial charge in [0.05, 0.1) is 5.92 Å². The molecule has 0 aromatic heterocycles. The van der Waals surface area contributed by atoms with Crippen LogP contribution in [0.1, 0.15) is 23.5 Å². The molecule has 2 nitrogen and oxygen atoms in total. The van der Waals surface area contributed by atoms with Crippen LogP contribution in [0.2, 0.25) is 0 Å². The molecule has 0 radical (unpaired) electrons. The van der Waals surface area contributed by atoms with Crippen molar-refractivity contribution >= 4 is 17.7 Å². The maximum absolute atomic E-state index is 11.4. The van der Waals surface area contributed by atoms with Crippen LogP contribution in [0, 0.1) is 12.8 Å². The van der Waals surface area contributed by atoms with Crippen LogP contribution < -0.4 is 0 Å². The first kappa shape index (κ1) is 11.5. The molecule has 0 spiro atoms. The fraction of sp³-hybridized carbons (Fsp3) is 0.462. The van der Waals surface area contributed by atoms with E-state index in [1.807, 2.05) is 43.0 Å². The third kappa shape index (κ3) is 2.40. The van der Waals surface area contributed by atoms with E-state index in [1.165, 1.54) is 0 Å². The van der Waals surface area contributed by atoms with E-state index < -0.39 is 5.97 Å². The zero-order valence-electron chi connectivity index (χ0n) is 9.35. The van der Waals surface area contributed by atoms with Gasteiger partial charge in [0.1, 0.15) is 0 Å². The van der Waals surface area contributed by atoms with E-state index in [2.05, 4.69) is 0 Å². The minimum atomic E-state index is -0.682. The Morgan fingerprint density at radius 1 is 1.56 bits per heavy atom. The van der Waals surface area contributed by atoms with Crippen LogP contribution in [-0.4, -0.2) is 22.6 Å². The molecule has 2 unspecified atom stereocenters. The Bertz CT molecular complexity index is 383. The largest absolute Gasteiger partial charge is 0.481 e. The molecule has 0 aliphatic carbocycles. The number of carbonyl (C=O) groups is 1. The summed E-state index contributed by atoms with van der Waals surface area (Å²) in [4.78, 5) is 11.4. The summed E-state index contributed by atoms with van der Waals surface area (Å²) in [6, 6.07) is 7.89. The van der Waals surface area contributed by atoms with E-state index >= 15 is 0 Å². The van der Waals surface area contributed by atoms with Gasteiger partial charge >= 0.3 is 5.97 Å². The van der Waals surface area contributed by atoms with Gasteiger partial charge in [-0.2, -0.15) is 11.8 Å². The molecule has 1 aromatic rings. The number of aryl methyl sites for hydroxylation is 1. The molecule has 0 saturated carbocycles. The normalized spacial score (nSPS) is 21.9. The predicted octanol–water partition coefficient (Wildman–Crippen LogP) is 2.92. The fourth-order valence-corrected chi connectivity index (χ4v) is 3.59. The first-order valence-electron chi connectivity index (χ1n) is 5.55. The van der Waals surface area contributed by atoms with Gasteiger partial charge in [0.25, 0.3) is 0 Å². The molecule has 3 heteroatoms. The van der Waals surface area contributed by atoms with Crippen LogP contribution >= 0.6 is 11.8 Å². The summed E-state index contributed by atoms with van der Waals surface area (Å²) in [7, 11) is 0. The predicted molar refractivity (Wildman–Crippen MR) is 67.0 cm³/mol. The summed E-state index contributed by atoms with van der Waals surface area (Å²) >= 11 is 1.86. The van der Waals surface area contributed by atoms with Gasteiger partial charge in [0, 0.05) is 0 Å². The Hall–Kier alpha value is -0.960. The Morgan fingerprint density at radius 3 is 2.94 bits per heavy atom. The van der Waals surface area contributed by atoms with Gasteiger partial charge < -0.3 is 5.11 Å². The molecular weight excluding hydrogens is 220 g/mol. The van der Waals surface area contributed by atoms with Crippen molar-refractivity contribution in [3.05, 3.63) is 35.4 Å². The fourth-order valence-electron chi connectivity index (χ4n) is 2.30. The lowest BCUT2D eigenvalue weighted by atomic mass is 9.85. The molecule has 1 aliphatic rings. The number of benzene rings is 1. The Kier molecular flexibility index (Phi) is 3.54. The average Bonchev–Trinajstić information content (AvgIpc) is 2.71. The number of hydrogen-bond donors (Lipinski definition) is 1. The van der Waals surface area contributed by atoms with Crippen molar-refractivity contribution in [1.29, 1.82) is 0 Å². The topological polar surface area (TPSA) is 37.3 Å². The summed E-state index contributed by atoms with van der Waals surface area (Å²) in [5.41, 5.74) is 2.09. The van der Waals surface area contributed by atoms with E-state index in [0.29, 0.717) is 5.92 Å². The van der Waals surface area contributed by atoms with Gasteiger partial charge in [-0.05, 0) is 36.3 Å². The van der Waals surface area contributed by atoms with E-state index in [9.17, 15) is 9.90 Å². The molecule has 2 rings (SSSR count). The summed E-state index contributed by atoms with van der Waals surface area (Å²) in [5.74, 6) is 1.36. The lowest BCUT2D eigenvalue weighted by molar-refractivity contribution is -0.140. The van der Waals surface area contributed by atoms with Crippen molar-refractivity contribution in [2.75, 3.05) is 11.5 Å². The van der Waals surface area contributed by atoms with Gasteiger partial charge in [-0.15, -0.1) is 0 Å². The van der Waals surface area contributed by atoms with Gasteiger partial charge in [-0.3, -0.25) is 4.79 Å². The Labute approximate surface area is 100 Å². The Balaban J connectivity index is 2.28. The minimum Gasteiger partial charge on any atom is -0.481 e. The molecule has 1 fully saturated rings. The molecule has 86 valence electrons. The second kappa shape index (κ2) is 4.91. The molecule has 1 heterocycles. The quantitative estimate of drug-likeness (QED) is 0.876. The highest BCUT2D eigenvalue weighted by molar-refractivity contribution is 7.99. The van der Waals surface area contributed by atoms with Crippen molar-refractivity contribution in [2.24, 2.45) is 5.92 Å². The highest BCUT2D eigenvalue weighted by atomic mass is 32.2. The van der Waals surface area contributed by atoms with Crippen molar-refractivity contribution in [3.63, 3.8) is 0 Å². The number of carboxylic acid groups (broad SMARTS) is 1. The molecule has 2 atom stereocenters. The van der Waals surface area contributed by atoms with Crippen molar-refractivity contribution in [2.45, 2.75) is 19.3 Å². The SMILES string of the molecule is Cc1cccc(C(C(=O)O)C2CCSC2)c1. The van der Waals surface area contributed by atoms with Crippen molar-refractivity contribution in [1.82, 2.24) is 0 Å². The second-order valence-corrected chi connectivity index (χ2v) is 5.50. The standard InChI is InChI=1S/C13H16O2S/c1-9-3-2-4-10(7-9)12(13(14)15)11-5-6-16-8-11/h2-4,7,11-12H,5-6,8H2,1H3,(H,14,15). The third-order valence-corrected chi connectivity index (χ3v) is 4.29. The van der Waals surface area contributed by atoms with Gasteiger partial charge in [0.2, 0.25) is 0 Å². The molecule has 16 heavy (non-hydrogen) atoms. The van der Waals surface area contributed by atoms with Crippen LogP contribution in [0.5, 0.6) is 0 Å². The number of thioether (sulfide) groups is 1. The molecular formula is C13H16O2S. The summed E-state index contributed by atoms with van der Waals surface area (Å²) in [6.07, 6.45) is 1.02. The van der Waals surface area contributed by atoms with Crippen LogP contribution in [-0.2, 0) is 4.79 Å². The van der Waals surface area contributed by atoms with E-state index in [0.717, 1.165) is 29.1 Å². The summed E-state index contributed by atoms with van der Waals surface area (Å²) < 4.78 is 0. The zero-order chi connectivity index (χ0) is 11.5. The minimum absolute atomic E-state index is 0.296. The number of carboxylic acids is 1. The lowest BCUT2D eigenvalue weighted by Crippen LogP contribution is -2.21. The monoisotopic (exact) mass is 236 g/mol. The number of aliphatic carboxylic acids is 1. The Morgan fingerprint density at radius 2 is 2.38 bits per heavy atom. The molecule has 1 saturated heterocycles. The second-order valence-electron chi connectivity index (χ2n) is 4.35. The van der Waals surface area contributed by atoms with E-state index in [-0.39, 0.29) is 5.92 Å². The van der Waals surface area contributed by atoms with Crippen LogP contribution in [0.15, 0.2) is 24.3 Å². The summed E-state index contributed by atoms with van der Waals surface area (Å²) in [5, 5.41) is 9.37. The average molecular weight is 236 g/mol. The number of hydrogen-bond acceptors (Lipinski definition) is 2. The summed E-state index contributed by atoms with van der Waals surface area (Å²) in [6.45, 7) is 2.01. The highest BCUT2D eigenvalue weighted by Crippen LogP contribution is 2.36. The first-order chi connectivity index (χ1) is 7.68. The first-order valence-corrected chi connectivity index (χ1v) is 6.71. The molecule has 1 aromatic carbocycles. The zero-order valence-corrected chi connectivity index (χ0v) is 10.2. The smallest absolute Gasteiger partial charge is 0.311 e. The third-order valence-electron chi connectivity index (χ3n) is 3.10. The van der Waals surface area contributed by atoms with Crippen LogP contribution in [0.4, 0.5) is 0 Å². The van der Waals surface area contributed by atoms with E-state index in [4.69, 9.17) is 0 Å². The van der Waals surface area contributed by atoms with Crippen molar-refractivity contribution in [3.8, 4) is 0 Å². The molecule has 0 amide bonds. The van der Waals surface area contributed by atoms with Gasteiger partial charge in [0.15, 0.2) is 0 Å². The van der Waals surface area contributed by atoms with Crippen molar-refractivity contribution < 1.29 is 9.90 Å². The van der Waals surface area contributed by atoms with Gasteiger partial charge in [-0.25, -0.2) is 0 Å². The molecule has 1 aliphatic heterocycles. The maximum atomic E-state index is 11.4. The van der Waals surface area contributed by atoms with Crippen LogP contribution in [0.3, 0.4) is 0 Å². The van der Waals surface area contributed by atoms with Gasteiger partial charge in [-0.1, -0.05) is 29.8 Å². The molecule has 0 bridgehead atoms. The van der Waals surface area contributed by atoms with E-state index in [1.54, 1.807) is 0 Å². The highest BCUT2D eigenvalue weighted by Gasteiger charge is 2.32. The maximum Gasteiger partial charge on any atom is 0.311 e. The number of rotatable bonds is 3. The lowest BCUT2D eigenvalue weighted by Gasteiger charge is -2.19. The molecule has 1 N–H and O–H groups in total.